The zero-order chi connectivity index (χ0) is 34.6. The van der Waals surface area contributed by atoms with E-state index in [2.05, 4.69) is 6.92 Å². The first-order valence-electron chi connectivity index (χ1n) is 16.9. The molecular formula is C36H50N6O6. The highest BCUT2D eigenvalue weighted by atomic mass is 16.6. The van der Waals surface area contributed by atoms with E-state index in [9.17, 15) is 14.4 Å². The van der Waals surface area contributed by atoms with Crippen molar-refractivity contribution in [1.82, 2.24) is 24.3 Å². The molecule has 12 heteroatoms. The van der Waals surface area contributed by atoms with E-state index in [1.54, 1.807) is 42.1 Å². The fourth-order valence-electron chi connectivity index (χ4n) is 6.17. The number of fused-ring (bicyclic) bond motifs is 1. The van der Waals surface area contributed by atoms with Crippen molar-refractivity contribution in [1.29, 1.82) is 0 Å². The van der Waals surface area contributed by atoms with Crippen molar-refractivity contribution >= 4 is 34.8 Å². The molecule has 0 spiro atoms. The van der Waals surface area contributed by atoms with Gasteiger partial charge in [-0.25, -0.2) is 14.6 Å². The van der Waals surface area contributed by atoms with Crippen LogP contribution in [-0.4, -0.2) is 102 Å². The summed E-state index contributed by atoms with van der Waals surface area (Å²) in [6, 6.07) is 7.51. The van der Waals surface area contributed by atoms with Gasteiger partial charge in [0.25, 0.3) is 0 Å². The van der Waals surface area contributed by atoms with E-state index in [0.717, 1.165) is 47.9 Å². The number of benzene rings is 1. The Kier molecular flexibility index (Phi) is 10.7. The van der Waals surface area contributed by atoms with Crippen LogP contribution in [0.1, 0.15) is 70.4 Å². The zero-order valence-corrected chi connectivity index (χ0v) is 29.5. The molecule has 0 saturated carbocycles. The standard InChI is InChI=1S/C36H50N6O6/c1-8-9-10-18-47-30-19-27(12-13-29(30)46-7)42-17-11-16-39(34(42)44)20-25-14-15-37-33-32(25)28(23-40(33)24-31(43)38(5)6)26-21-41(22-26)35(45)48-36(2,3)4/h12-15,19,23,26H,8-11,16-18,20-22,24H2,1-7H3. The maximum absolute atomic E-state index is 14.0. The molecule has 2 saturated heterocycles. The van der Waals surface area contributed by atoms with E-state index in [1.807, 2.05) is 60.7 Å². The number of anilines is 1. The molecule has 1 aromatic carbocycles. The summed E-state index contributed by atoms with van der Waals surface area (Å²) >= 11 is 0. The first-order valence-corrected chi connectivity index (χ1v) is 16.9. The Labute approximate surface area is 283 Å². The summed E-state index contributed by atoms with van der Waals surface area (Å²) in [5.74, 6) is 1.26. The third kappa shape index (κ3) is 7.79. The van der Waals surface area contributed by atoms with Gasteiger partial charge in [-0.15, -0.1) is 0 Å². The van der Waals surface area contributed by atoms with Gasteiger partial charge in [-0.05, 0) is 62.9 Å². The molecule has 2 aliphatic rings. The molecule has 260 valence electrons. The van der Waals surface area contributed by atoms with Gasteiger partial charge in [-0.3, -0.25) is 9.69 Å². The Morgan fingerprint density at radius 3 is 2.52 bits per heavy atom. The lowest BCUT2D eigenvalue weighted by Crippen LogP contribution is -2.50. The minimum absolute atomic E-state index is 0.0438. The molecule has 2 aromatic heterocycles. The van der Waals surface area contributed by atoms with E-state index in [-0.39, 0.29) is 30.5 Å². The summed E-state index contributed by atoms with van der Waals surface area (Å²) in [6.07, 6.45) is 7.34. The van der Waals surface area contributed by atoms with Crippen LogP contribution >= 0.6 is 0 Å². The molecule has 4 heterocycles. The van der Waals surface area contributed by atoms with Gasteiger partial charge in [0, 0.05) is 82.3 Å². The fraction of sp³-hybridized carbons (Fsp3) is 0.556. The number of likely N-dealkylation sites (N-methyl/N-ethyl adjacent to an activating group) is 1. The van der Waals surface area contributed by atoms with Gasteiger partial charge in [0.1, 0.15) is 17.8 Å². The predicted octanol–water partition coefficient (Wildman–Crippen LogP) is 5.87. The molecule has 0 bridgehead atoms. The van der Waals surface area contributed by atoms with Crippen LogP contribution in [0.25, 0.3) is 11.0 Å². The molecule has 48 heavy (non-hydrogen) atoms. The van der Waals surface area contributed by atoms with Crippen molar-refractivity contribution in [2.45, 2.75) is 78.0 Å². The minimum atomic E-state index is -0.578. The van der Waals surface area contributed by atoms with Gasteiger partial charge in [0.2, 0.25) is 5.91 Å². The van der Waals surface area contributed by atoms with Gasteiger partial charge in [0.05, 0.1) is 13.7 Å². The third-order valence-electron chi connectivity index (χ3n) is 8.79. The Morgan fingerprint density at radius 2 is 1.83 bits per heavy atom. The van der Waals surface area contributed by atoms with Crippen molar-refractivity contribution in [3.63, 3.8) is 0 Å². The number of hydrogen-bond acceptors (Lipinski definition) is 7. The smallest absolute Gasteiger partial charge is 0.410 e. The van der Waals surface area contributed by atoms with Crippen LogP contribution in [0, 0.1) is 0 Å². The lowest BCUT2D eigenvalue weighted by Gasteiger charge is -2.40. The quantitative estimate of drug-likeness (QED) is 0.223. The average Bonchev–Trinajstić information content (AvgIpc) is 3.37. The molecule has 0 radical (unpaired) electrons. The third-order valence-corrected chi connectivity index (χ3v) is 8.79. The van der Waals surface area contributed by atoms with E-state index in [4.69, 9.17) is 19.2 Å². The second-order valence-electron chi connectivity index (χ2n) is 13.9. The zero-order valence-electron chi connectivity index (χ0n) is 29.5. The Hall–Kier alpha value is -4.48. The molecule has 2 fully saturated rings. The van der Waals surface area contributed by atoms with Crippen LogP contribution < -0.4 is 14.4 Å². The minimum Gasteiger partial charge on any atom is -0.493 e. The normalized spacial score (nSPS) is 15.5. The number of ether oxygens (including phenoxy) is 3. The average molecular weight is 663 g/mol. The molecule has 4 amide bonds. The number of hydrogen-bond donors (Lipinski definition) is 0. The van der Waals surface area contributed by atoms with Gasteiger partial charge >= 0.3 is 12.1 Å². The Balaban J connectivity index is 1.41. The van der Waals surface area contributed by atoms with Crippen molar-refractivity contribution < 1.29 is 28.6 Å². The van der Waals surface area contributed by atoms with Gasteiger partial charge < -0.3 is 33.5 Å². The summed E-state index contributed by atoms with van der Waals surface area (Å²) < 4.78 is 19.1. The van der Waals surface area contributed by atoms with Gasteiger partial charge in [0.15, 0.2) is 11.5 Å². The number of carbonyl (C=O) groups excluding carboxylic acids is 3. The summed E-state index contributed by atoms with van der Waals surface area (Å²) in [6.45, 7) is 11.0. The second kappa shape index (κ2) is 14.7. The molecule has 0 N–H and O–H groups in total. The van der Waals surface area contributed by atoms with Gasteiger partial charge in [-0.1, -0.05) is 19.8 Å². The van der Waals surface area contributed by atoms with E-state index in [1.165, 1.54) is 0 Å². The Bertz CT molecular complexity index is 1620. The largest absolute Gasteiger partial charge is 0.493 e. The van der Waals surface area contributed by atoms with Crippen molar-refractivity contribution in [3.8, 4) is 11.5 Å². The molecule has 12 nitrogen and oxygen atoms in total. The van der Waals surface area contributed by atoms with Crippen molar-refractivity contribution in [2.75, 3.05) is 58.9 Å². The summed E-state index contributed by atoms with van der Waals surface area (Å²) in [7, 11) is 5.08. The molecule has 0 aliphatic carbocycles. The number of nitrogens with zero attached hydrogens (tertiary/aromatic N) is 6. The number of methoxy groups -OCH3 is 1. The first kappa shape index (κ1) is 34.8. The monoisotopic (exact) mass is 662 g/mol. The summed E-state index contributed by atoms with van der Waals surface area (Å²) in [5, 5.41) is 0.926. The predicted molar refractivity (Wildman–Crippen MR) is 185 cm³/mol. The highest BCUT2D eigenvalue weighted by Crippen LogP contribution is 2.37. The maximum atomic E-state index is 14.0. The lowest BCUT2D eigenvalue weighted by atomic mass is 9.90. The van der Waals surface area contributed by atoms with Crippen molar-refractivity contribution in [3.05, 3.63) is 47.8 Å². The van der Waals surface area contributed by atoms with Crippen LogP contribution in [0.2, 0.25) is 0 Å². The van der Waals surface area contributed by atoms with Crippen LogP contribution in [0.5, 0.6) is 11.5 Å². The maximum Gasteiger partial charge on any atom is 0.410 e. The van der Waals surface area contributed by atoms with Crippen LogP contribution in [0.3, 0.4) is 0 Å². The topological polar surface area (TPSA) is 110 Å². The molecule has 0 atom stereocenters. The first-order chi connectivity index (χ1) is 22.9. The van der Waals surface area contributed by atoms with E-state index < -0.39 is 5.60 Å². The molecule has 3 aromatic rings. The van der Waals surface area contributed by atoms with Crippen LogP contribution in [0.15, 0.2) is 36.7 Å². The number of aromatic nitrogens is 2. The molecule has 5 rings (SSSR count). The number of urea groups is 1. The summed E-state index contributed by atoms with van der Waals surface area (Å²) in [5.41, 5.74) is 2.84. The number of unbranched alkanes of at least 4 members (excludes halogenated alkanes) is 2. The number of rotatable bonds is 12. The lowest BCUT2D eigenvalue weighted by molar-refractivity contribution is -0.129. The van der Waals surface area contributed by atoms with Crippen LogP contribution in [0.4, 0.5) is 15.3 Å². The van der Waals surface area contributed by atoms with E-state index >= 15 is 0 Å². The van der Waals surface area contributed by atoms with E-state index in [0.29, 0.717) is 56.5 Å². The number of carbonyl (C=O) groups is 3. The second-order valence-corrected chi connectivity index (χ2v) is 13.9. The SMILES string of the molecule is CCCCCOc1cc(N2CCCN(Cc3ccnc4c3c(C3CN(C(=O)OC(C)(C)C)C3)cn4CC(=O)N(C)C)C2=O)ccc1OC. The van der Waals surface area contributed by atoms with Gasteiger partial charge in [-0.2, -0.15) is 0 Å². The number of pyridine rings is 1. The molecular weight excluding hydrogens is 612 g/mol. The van der Waals surface area contributed by atoms with Crippen LogP contribution in [-0.2, 0) is 22.6 Å². The fourth-order valence-corrected chi connectivity index (χ4v) is 6.17. The highest BCUT2D eigenvalue weighted by Gasteiger charge is 2.37. The van der Waals surface area contributed by atoms with Crippen molar-refractivity contribution in [2.24, 2.45) is 0 Å². The molecule has 2 aliphatic heterocycles. The molecule has 0 unspecified atom stereocenters. The number of likely N-dealkylation sites (tertiary alicyclic amines) is 1. The highest BCUT2D eigenvalue weighted by molar-refractivity contribution is 5.94. The number of amides is 4. The summed E-state index contributed by atoms with van der Waals surface area (Å²) in [4.78, 5) is 51.2. The Morgan fingerprint density at radius 1 is 1.06 bits per heavy atom.